The molecule has 2 aromatic heterocycles. The first-order valence-corrected chi connectivity index (χ1v) is 16.3. The molecule has 0 saturated carbocycles. The van der Waals surface area contributed by atoms with Gasteiger partial charge in [-0.1, -0.05) is 102 Å². The van der Waals surface area contributed by atoms with Gasteiger partial charge in [0, 0.05) is 39.8 Å². The summed E-state index contributed by atoms with van der Waals surface area (Å²) in [6, 6.07) is 33.6. The van der Waals surface area contributed by atoms with E-state index in [1.807, 2.05) is 103 Å². The van der Waals surface area contributed by atoms with Gasteiger partial charge in [0.15, 0.2) is 4.80 Å². The van der Waals surface area contributed by atoms with E-state index in [1.165, 1.54) is 11.3 Å². The van der Waals surface area contributed by atoms with E-state index in [9.17, 15) is 14.9 Å². The summed E-state index contributed by atoms with van der Waals surface area (Å²) >= 11 is 7.53. The van der Waals surface area contributed by atoms with Gasteiger partial charge in [-0.05, 0) is 48.4 Å². The van der Waals surface area contributed by atoms with E-state index in [0.29, 0.717) is 37.7 Å². The molecule has 230 valence electrons. The quantitative estimate of drug-likeness (QED) is 0.185. The van der Waals surface area contributed by atoms with Crippen molar-refractivity contribution in [2.45, 2.75) is 19.5 Å². The van der Waals surface area contributed by atoms with E-state index < -0.39 is 12.0 Å². The van der Waals surface area contributed by atoms with Gasteiger partial charge < -0.3 is 9.30 Å². The molecule has 47 heavy (non-hydrogen) atoms. The average molecular weight is 655 g/mol. The summed E-state index contributed by atoms with van der Waals surface area (Å²) in [4.78, 5) is 33.5. The molecule has 1 atom stereocenters. The first-order chi connectivity index (χ1) is 23.0. The highest BCUT2D eigenvalue weighted by molar-refractivity contribution is 7.07. The second-order valence-electron chi connectivity index (χ2n) is 11.0. The Bertz CT molecular complexity index is 2420. The van der Waals surface area contributed by atoms with E-state index in [1.54, 1.807) is 23.6 Å². The van der Waals surface area contributed by atoms with Gasteiger partial charge in [-0.25, -0.2) is 9.79 Å². The second kappa shape index (κ2) is 12.7. The highest BCUT2D eigenvalue weighted by Gasteiger charge is 2.35. The zero-order chi connectivity index (χ0) is 32.5. The van der Waals surface area contributed by atoms with Gasteiger partial charge in [-0.15, -0.1) is 0 Å². The van der Waals surface area contributed by atoms with Crippen LogP contribution >= 0.6 is 22.9 Å². The van der Waals surface area contributed by atoms with E-state index in [-0.39, 0.29) is 17.7 Å². The monoisotopic (exact) mass is 654 g/mol. The van der Waals surface area contributed by atoms with Crippen molar-refractivity contribution in [1.82, 2.24) is 9.13 Å². The summed E-state index contributed by atoms with van der Waals surface area (Å²) in [5.74, 6) is -0.537. The predicted molar refractivity (Wildman–Crippen MR) is 185 cm³/mol. The van der Waals surface area contributed by atoms with Crippen LogP contribution in [0.3, 0.4) is 0 Å². The third-order valence-corrected chi connectivity index (χ3v) is 9.38. The highest BCUT2D eigenvalue weighted by Crippen LogP contribution is 2.35. The number of hydrogen-bond acceptors (Lipinski definition) is 6. The lowest BCUT2D eigenvalue weighted by atomic mass is 9.93. The van der Waals surface area contributed by atoms with E-state index >= 15 is 0 Å². The first kappa shape index (κ1) is 30.2. The number of nitriles is 1. The van der Waals surface area contributed by atoms with Crippen molar-refractivity contribution in [1.29, 1.82) is 5.26 Å². The fraction of sp³-hybridized carbons (Fsp3) is 0.105. The molecule has 0 N–H and O–H groups in total. The van der Waals surface area contributed by atoms with Crippen LogP contribution in [0.1, 0.15) is 40.8 Å². The zero-order valence-electron chi connectivity index (χ0n) is 25.3. The van der Waals surface area contributed by atoms with Crippen LogP contribution in [0.5, 0.6) is 0 Å². The van der Waals surface area contributed by atoms with Gasteiger partial charge >= 0.3 is 5.97 Å². The number of hydrogen-bond donors (Lipinski definition) is 0. The molecule has 0 radical (unpaired) electrons. The maximum atomic E-state index is 14.4. The number of carbonyl (C=O) groups excluding carboxylic acids is 1. The topological polar surface area (TPSA) is 89.4 Å². The zero-order valence-corrected chi connectivity index (χ0v) is 26.8. The Morgan fingerprint density at radius 1 is 1.00 bits per heavy atom. The molecule has 1 aliphatic rings. The number of rotatable bonds is 7. The van der Waals surface area contributed by atoms with Crippen LogP contribution in [-0.4, -0.2) is 21.7 Å². The van der Waals surface area contributed by atoms with Gasteiger partial charge in [0.25, 0.3) is 5.56 Å². The third kappa shape index (κ3) is 5.61. The van der Waals surface area contributed by atoms with Crippen molar-refractivity contribution >= 4 is 51.6 Å². The van der Waals surface area contributed by atoms with Crippen molar-refractivity contribution in [3.05, 3.63) is 167 Å². The minimum atomic E-state index is -0.788. The molecule has 0 spiro atoms. The minimum absolute atomic E-state index is 0.172. The number of ether oxygens (including phenoxy) is 1. The first-order valence-electron chi connectivity index (χ1n) is 15.1. The summed E-state index contributed by atoms with van der Waals surface area (Å²) in [7, 11) is 0. The molecule has 4 aromatic carbocycles. The molecule has 0 saturated heterocycles. The molecule has 7 nitrogen and oxygen atoms in total. The van der Waals surface area contributed by atoms with Crippen molar-refractivity contribution in [2.24, 2.45) is 4.99 Å². The minimum Gasteiger partial charge on any atom is -0.463 e. The largest absolute Gasteiger partial charge is 0.463 e. The maximum absolute atomic E-state index is 14.4. The highest BCUT2D eigenvalue weighted by atomic mass is 35.5. The van der Waals surface area contributed by atoms with E-state index in [2.05, 4.69) is 10.6 Å². The number of nitrogens with zero attached hydrogens (tertiary/aromatic N) is 4. The van der Waals surface area contributed by atoms with Gasteiger partial charge in [0.1, 0.15) is 0 Å². The normalized spacial score (nSPS) is 14.5. The van der Waals surface area contributed by atoms with E-state index in [4.69, 9.17) is 21.3 Å². The van der Waals surface area contributed by atoms with Crippen LogP contribution in [0.25, 0.3) is 22.7 Å². The Morgan fingerprint density at radius 3 is 2.49 bits per heavy atom. The van der Waals surface area contributed by atoms with Crippen LogP contribution in [0.2, 0.25) is 5.02 Å². The molecule has 0 bridgehead atoms. The van der Waals surface area contributed by atoms with Crippen molar-refractivity contribution in [2.75, 3.05) is 6.61 Å². The number of thiazole rings is 1. The van der Waals surface area contributed by atoms with Crippen LogP contribution in [0, 0.1) is 11.3 Å². The van der Waals surface area contributed by atoms with Gasteiger partial charge in [-0.2, -0.15) is 5.26 Å². The fourth-order valence-corrected chi connectivity index (χ4v) is 7.13. The second-order valence-corrected chi connectivity index (χ2v) is 12.4. The van der Waals surface area contributed by atoms with Crippen LogP contribution in [0.15, 0.2) is 125 Å². The average Bonchev–Trinajstić information content (AvgIpc) is 3.61. The Morgan fingerprint density at radius 2 is 1.72 bits per heavy atom. The number of benzene rings is 4. The number of fused-ring (bicyclic) bond motifs is 2. The summed E-state index contributed by atoms with van der Waals surface area (Å²) in [5.41, 5.74) is 5.30. The van der Waals surface area contributed by atoms with E-state index in [0.717, 1.165) is 27.6 Å². The molecule has 1 aliphatic heterocycles. The number of carbonyl (C=O) groups is 1. The molecule has 0 fully saturated rings. The Labute approximate surface area is 279 Å². The molecule has 7 rings (SSSR count). The van der Waals surface area contributed by atoms with Crippen LogP contribution in [-0.2, 0) is 16.1 Å². The Kier molecular flexibility index (Phi) is 8.17. The molecular weight excluding hydrogens is 628 g/mol. The number of aromatic nitrogens is 2. The third-order valence-electron chi connectivity index (χ3n) is 8.14. The lowest BCUT2D eigenvalue weighted by Crippen LogP contribution is -2.40. The molecule has 0 amide bonds. The lowest BCUT2D eigenvalue weighted by Gasteiger charge is -2.25. The molecule has 6 aromatic rings. The molecule has 9 heteroatoms. The standard InChI is InChI=1S/C38H27ClN4O3S/c1-2-46-37(45)33-34(24-10-4-3-5-11-24)41-38-43(35(33)25-16-18-29(39)19-17-25)36(44)32(47-38)20-28-23-42(31-15-9-8-14-30(28)31)22-27-13-7-6-12-26(27)21-40/h3-20,23,35H,2,22H2,1H3/b32-20+/t35-/m1/s1. The smallest absolute Gasteiger partial charge is 0.338 e. The molecule has 0 aliphatic carbocycles. The maximum Gasteiger partial charge on any atom is 0.338 e. The Hall–Kier alpha value is -5.49. The fourth-order valence-electron chi connectivity index (χ4n) is 6.01. The number of para-hydroxylation sites is 1. The number of esters is 1. The predicted octanol–water partition coefficient (Wildman–Crippen LogP) is 6.46. The molecular formula is C38H27ClN4O3S. The molecule has 0 unspecified atom stereocenters. The van der Waals surface area contributed by atoms with Crippen LogP contribution < -0.4 is 14.9 Å². The van der Waals surface area contributed by atoms with Crippen molar-refractivity contribution in [3.63, 3.8) is 0 Å². The van der Waals surface area contributed by atoms with Crippen molar-refractivity contribution in [3.8, 4) is 6.07 Å². The van der Waals surface area contributed by atoms with Crippen LogP contribution in [0.4, 0.5) is 0 Å². The van der Waals surface area contributed by atoms with Gasteiger partial charge in [0.05, 0.1) is 40.1 Å². The lowest BCUT2D eigenvalue weighted by molar-refractivity contribution is -0.138. The summed E-state index contributed by atoms with van der Waals surface area (Å²) in [5, 5.41) is 11.2. The summed E-state index contributed by atoms with van der Waals surface area (Å²) in [6.07, 6.45) is 3.89. The van der Waals surface area contributed by atoms with Gasteiger partial charge in [-0.3, -0.25) is 9.36 Å². The summed E-state index contributed by atoms with van der Waals surface area (Å²) in [6.45, 7) is 2.42. The van der Waals surface area contributed by atoms with Gasteiger partial charge in [0.2, 0.25) is 0 Å². The molecule has 3 heterocycles. The Balaban J connectivity index is 1.45. The van der Waals surface area contributed by atoms with Crippen molar-refractivity contribution < 1.29 is 9.53 Å². The summed E-state index contributed by atoms with van der Waals surface area (Å²) < 4.78 is 9.71. The SMILES string of the molecule is CCOC(=O)C1=C(c2ccccc2)N=c2s/c(=C/c3cn(Cc4ccccc4C#N)c4ccccc34)c(=O)n2[C@@H]1c1ccc(Cl)cc1. The number of halogens is 1.